The number of thioether (sulfide) groups is 1. The van der Waals surface area contributed by atoms with E-state index < -0.39 is 35.6 Å². The van der Waals surface area contributed by atoms with Crippen molar-refractivity contribution in [3.63, 3.8) is 0 Å². The van der Waals surface area contributed by atoms with Crippen LogP contribution in [0.4, 0.5) is 0 Å². The van der Waals surface area contributed by atoms with Crippen molar-refractivity contribution in [2.45, 2.75) is 109 Å². The summed E-state index contributed by atoms with van der Waals surface area (Å²) in [5.74, 6) is -1.49. The van der Waals surface area contributed by atoms with Gasteiger partial charge in [-0.15, -0.1) is 11.8 Å². The predicted octanol–water partition coefficient (Wildman–Crippen LogP) is 3.74. The van der Waals surface area contributed by atoms with Crippen LogP contribution in [-0.2, 0) is 21.4 Å². The summed E-state index contributed by atoms with van der Waals surface area (Å²) in [5, 5.41) is 31.0. The van der Waals surface area contributed by atoms with Gasteiger partial charge in [0.15, 0.2) is 0 Å². The number of hydrogen-bond donors (Lipinski definition) is 3. The summed E-state index contributed by atoms with van der Waals surface area (Å²) in [4.78, 5) is 26.3. The van der Waals surface area contributed by atoms with Crippen molar-refractivity contribution in [2.75, 3.05) is 6.26 Å². The average molecular weight is 536 g/mol. The molecule has 0 aromatic carbocycles. The first-order chi connectivity index (χ1) is 17.2. The quantitative estimate of drug-likeness (QED) is 0.304. The number of cyclic esters (lactones) is 1. The van der Waals surface area contributed by atoms with Gasteiger partial charge >= 0.3 is 5.97 Å². The first-order valence-electron chi connectivity index (χ1n) is 13.3. The number of carbonyl (C=O) groups excluding carboxylic acids is 2. The number of nitrogens with zero attached hydrogens (tertiary/aromatic N) is 2. The maximum atomic E-state index is 13.3. The Bertz CT molecular complexity index is 1020. The summed E-state index contributed by atoms with van der Waals surface area (Å²) in [6.45, 7) is 11.1. The minimum absolute atomic E-state index is 0.0481. The van der Waals surface area contributed by atoms with E-state index in [4.69, 9.17) is 4.74 Å². The van der Waals surface area contributed by atoms with Gasteiger partial charge in [0, 0.05) is 31.0 Å². The summed E-state index contributed by atoms with van der Waals surface area (Å²) >= 11 is 1.61. The Hall–Kier alpha value is -1.68. The summed E-state index contributed by atoms with van der Waals surface area (Å²) in [6, 6.07) is 2.19. The number of rotatable bonds is 3. The zero-order chi connectivity index (χ0) is 27.7. The van der Waals surface area contributed by atoms with Crippen molar-refractivity contribution < 1.29 is 24.5 Å². The lowest BCUT2D eigenvalue weighted by Gasteiger charge is -2.34. The molecule has 1 aromatic heterocycles. The van der Waals surface area contributed by atoms with Gasteiger partial charge in [-0.1, -0.05) is 34.1 Å². The van der Waals surface area contributed by atoms with Crippen molar-refractivity contribution in [3.05, 3.63) is 17.3 Å². The van der Waals surface area contributed by atoms with Gasteiger partial charge in [-0.2, -0.15) is 5.10 Å². The van der Waals surface area contributed by atoms with E-state index in [1.54, 1.807) is 32.5 Å². The molecule has 2 aliphatic heterocycles. The molecule has 2 aliphatic rings. The van der Waals surface area contributed by atoms with E-state index >= 15 is 0 Å². The summed E-state index contributed by atoms with van der Waals surface area (Å²) < 4.78 is 7.77. The first kappa shape index (κ1) is 29.9. The highest BCUT2D eigenvalue weighted by molar-refractivity contribution is 7.98. The van der Waals surface area contributed by atoms with Gasteiger partial charge < -0.3 is 20.3 Å². The Morgan fingerprint density at radius 1 is 1.27 bits per heavy atom. The molecule has 0 aliphatic carbocycles. The lowest BCUT2D eigenvalue weighted by atomic mass is 9.73. The predicted molar refractivity (Wildman–Crippen MR) is 146 cm³/mol. The number of fused-ring (bicyclic) bond motifs is 1. The van der Waals surface area contributed by atoms with Crippen LogP contribution in [-0.4, -0.2) is 67.9 Å². The summed E-state index contributed by atoms with van der Waals surface area (Å²) in [7, 11) is 1.90. The number of aromatic nitrogens is 2. The van der Waals surface area contributed by atoms with Gasteiger partial charge in [-0.05, 0) is 56.6 Å². The summed E-state index contributed by atoms with van der Waals surface area (Å²) in [6.07, 6.45) is 4.41. The smallest absolute Gasteiger partial charge is 0.309 e. The second-order valence-corrected chi connectivity index (χ2v) is 12.7. The van der Waals surface area contributed by atoms with Gasteiger partial charge in [0.1, 0.15) is 11.9 Å². The Labute approximate surface area is 225 Å². The fraction of sp³-hybridized carbons (Fsp3) is 0.750. The molecule has 3 rings (SSSR count). The van der Waals surface area contributed by atoms with E-state index in [1.807, 2.05) is 44.0 Å². The van der Waals surface area contributed by atoms with E-state index in [9.17, 15) is 19.8 Å². The SMILES string of the molecule is CSc1cc(/C=C(\C)[C@@H]2C[C@@H]3N[C@]3(C)CCC[C@H](C)[C@H](O)[C@@H](C)C(=O)C(C)(C)[C@@H](O)CC(=O)O2)nn1C. The van der Waals surface area contributed by atoms with E-state index in [1.165, 1.54) is 0 Å². The van der Waals surface area contributed by atoms with Crippen LogP contribution in [0.15, 0.2) is 16.7 Å². The number of hydrogen-bond acceptors (Lipinski definition) is 8. The fourth-order valence-corrected chi connectivity index (χ4v) is 6.05. The molecular formula is C28H45N3O5S. The van der Waals surface area contributed by atoms with Crippen molar-refractivity contribution in [1.29, 1.82) is 0 Å². The lowest BCUT2D eigenvalue weighted by molar-refractivity contribution is -0.154. The van der Waals surface area contributed by atoms with Crippen molar-refractivity contribution in [2.24, 2.45) is 24.3 Å². The minimum atomic E-state index is -1.22. The van der Waals surface area contributed by atoms with E-state index in [-0.39, 0.29) is 29.7 Å². The minimum Gasteiger partial charge on any atom is -0.458 e. The number of aryl methyl sites for hydroxylation is 1. The molecule has 9 heteroatoms. The zero-order valence-corrected chi connectivity index (χ0v) is 24.4. The Kier molecular flexibility index (Phi) is 9.36. The average Bonchev–Trinajstić information content (AvgIpc) is 3.32. The van der Waals surface area contributed by atoms with Crippen molar-refractivity contribution in [1.82, 2.24) is 15.1 Å². The van der Waals surface area contributed by atoms with Crippen LogP contribution in [0, 0.1) is 17.3 Å². The van der Waals surface area contributed by atoms with Gasteiger partial charge in [-0.25, -0.2) is 0 Å². The number of esters is 1. The van der Waals surface area contributed by atoms with Crippen LogP contribution in [0.5, 0.6) is 0 Å². The van der Waals surface area contributed by atoms with Crippen LogP contribution >= 0.6 is 11.8 Å². The molecule has 0 spiro atoms. The standard InChI is InChI=1S/C28H45N3O5S/c1-16-10-9-11-28(6)21(29-28)14-20(17(2)12-19-13-23(37-8)31(7)30-19)36-24(33)15-22(32)27(4,5)26(35)18(3)25(16)34/h12-13,16,18,20-22,25,29,32,34H,9-11,14-15H2,1-8H3/b17-12+/t16-,18+,20-,21-,22-,25-,28+/m0/s1. The Morgan fingerprint density at radius 2 is 1.95 bits per heavy atom. The molecule has 37 heavy (non-hydrogen) atoms. The molecule has 0 radical (unpaired) electrons. The van der Waals surface area contributed by atoms with Crippen LogP contribution in [0.2, 0.25) is 0 Å². The van der Waals surface area contributed by atoms with Crippen LogP contribution < -0.4 is 5.32 Å². The first-order valence-corrected chi connectivity index (χ1v) is 14.6. The molecule has 0 unspecified atom stereocenters. The molecule has 208 valence electrons. The lowest BCUT2D eigenvalue weighted by Crippen LogP contribution is -2.45. The number of Topliss-reactive ketones (excluding diaryl/α,β-unsaturated/α-hetero) is 1. The molecule has 3 heterocycles. The molecule has 0 amide bonds. The molecule has 0 saturated carbocycles. The highest BCUT2D eigenvalue weighted by Gasteiger charge is 2.50. The molecule has 8 nitrogen and oxygen atoms in total. The fourth-order valence-electron chi connectivity index (χ4n) is 5.50. The van der Waals surface area contributed by atoms with E-state index in [2.05, 4.69) is 17.3 Å². The molecule has 1 aromatic rings. The molecule has 3 N–H and O–H groups in total. The number of aliphatic hydroxyl groups is 2. The molecule has 7 atom stereocenters. The maximum Gasteiger partial charge on any atom is 0.309 e. The molecular weight excluding hydrogens is 490 g/mol. The number of nitrogens with one attached hydrogen (secondary N) is 1. The Morgan fingerprint density at radius 3 is 2.57 bits per heavy atom. The summed E-state index contributed by atoms with van der Waals surface area (Å²) in [5.41, 5.74) is 0.418. The molecule has 0 bridgehead atoms. The highest BCUT2D eigenvalue weighted by atomic mass is 32.2. The normalized spacial score (nSPS) is 36.1. The van der Waals surface area contributed by atoms with Crippen LogP contribution in [0.1, 0.15) is 79.3 Å². The molecule has 2 saturated heterocycles. The van der Waals surface area contributed by atoms with E-state index in [0.717, 1.165) is 35.6 Å². The van der Waals surface area contributed by atoms with Crippen molar-refractivity contribution >= 4 is 29.6 Å². The zero-order valence-electron chi connectivity index (χ0n) is 23.6. The third-order valence-electron chi connectivity index (χ3n) is 8.55. The number of ketones is 1. The monoisotopic (exact) mass is 535 g/mol. The third-order valence-corrected chi connectivity index (χ3v) is 9.35. The van der Waals surface area contributed by atoms with Gasteiger partial charge in [-0.3, -0.25) is 14.3 Å². The Balaban J connectivity index is 1.87. The second kappa shape index (κ2) is 11.6. The third kappa shape index (κ3) is 6.85. The highest BCUT2D eigenvalue weighted by Crippen LogP contribution is 2.38. The topological polar surface area (TPSA) is 124 Å². The van der Waals surface area contributed by atoms with Crippen LogP contribution in [0.25, 0.3) is 6.08 Å². The van der Waals surface area contributed by atoms with Crippen molar-refractivity contribution in [3.8, 4) is 0 Å². The molecule has 2 fully saturated rings. The largest absolute Gasteiger partial charge is 0.458 e. The van der Waals surface area contributed by atoms with Crippen LogP contribution in [0.3, 0.4) is 0 Å². The number of aliphatic hydroxyl groups excluding tert-OH is 2. The van der Waals surface area contributed by atoms with E-state index in [0.29, 0.717) is 6.42 Å². The second-order valence-electron chi connectivity index (χ2n) is 11.9. The van der Waals surface area contributed by atoms with Gasteiger partial charge in [0.25, 0.3) is 0 Å². The maximum absolute atomic E-state index is 13.3. The van der Waals surface area contributed by atoms with Gasteiger partial charge in [0.05, 0.1) is 34.8 Å². The number of ether oxygens (including phenoxy) is 1. The van der Waals surface area contributed by atoms with Gasteiger partial charge in [0.2, 0.25) is 0 Å². The number of carbonyl (C=O) groups is 2.